The lowest BCUT2D eigenvalue weighted by molar-refractivity contribution is 0.180. The van der Waals surface area contributed by atoms with Crippen LogP contribution in [0.15, 0.2) is 42.1 Å². The predicted octanol–water partition coefficient (Wildman–Crippen LogP) is 2.51. The number of aromatic nitrogens is 3. The van der Waals surface area contributed by atoms with Gasteiger partial charge in [-0.2, -0.15) is 0 Å². The first kappa shape index (κ1) is 15.9. The van der Waals surface area contributed by atoms with Gasteiger partial charge in [0.25, 0.3) is 0 Å². The maximum Gasteiger partial charge on any atom is 0.108 e. The van der Waals surface area contributed by atoms with Gasteiger partial charge in [-0.05, 0) is 31.9 Å². The minimum Gasteiger partial charge on any atom is -0.390 e. The standard InChI is InChI=1S/C18H24N4O/c1-15(10-16-6-3-2-4-7-16)11-21-9-5-8-18(13-21)22-12-17(14-23)19-20-22/h2-4,6-7,10,12,18,23H,5,8-9,11,13-14H2,1H3/b15-10+. The van der Waals surface area contributed by atoms with Gasteiger partial charge in [-0.1, -0.05) is 47.2 Å². The molecular weight excluding hydrogens is 288 g/mol. The van der Waals surface area contributed by atoms with Crippen LogP contribution < -0.4 is 0 Å². The largest absolute Gasteiger partial charge is 0.390 e. The number of hydrogen-bond acceptors (Lipinski definition) is 4. The molecule has 122 valence electrons. The molecule has 5 heteroatoms. The smallest absolute Gasteiger partial charge is 0.108 e. The van der Waals surface area contributed by atoms with Crippen LogP contribution in [0.2, 0.25) is 0 Å². The second-order valence-corrected chi connectivity index (χ2v) is 6.28. The molecule has 23 heavy (non-hydrogen) atoms. The number of aliphatic hydroxyl groups excluding tert-OH is 1. The molecule has 1 aliphatic heterocycles. The number of hydrogen-bond donors (Lipinski definition) is 1. The number of piperidine rings is 1. The Hall–Kier alpha value is -1.98. The molecule has 0 amide bonds. The van der Waals surface area contributed by atoms with E-state index in [0.29, 0.717) is 11.7 Å². The summed E-state index contributed by atoms with van der Waals surface area (Å²) in [7, 11) is 0. The van der Waals surface area contributed by atoms with E-state index < -0.39 is 0 Å². The number of benzene rings is 1. The van der Waals surface area contributed by atoms with E-state index in [9.17, 15) is 0 Å². The topological polar surface area (TPSA) is 54.2 Å². The van der Waals surface area contributed by atoms with Crippen molar-refractivity contribution >= 4 is 6.08 Å². The first-order valence-corrected chi connectivity index (χ1v) is 8.21. The van der Waals surface area contributed by atoms with Crippen molar-refractivity contribution < 1.29 is 5.11 Å². The van der Waals surface area contributed by atoms with Crippen molar-refractivity contribution in [1.82, 2.24) is 19.9 Å². The lowest BCUT2D eigenvalue weighted by Gasteiger charge is -2.32. The quantitative estimate of drug-likeness (QED) is 0.922. The van der Waals surface area contributed by atoms with E-state index in [-0.39, 0.29) is 6.61 Å². The molecule has 1 aromatic heterocycles. The van der Waals surface area contributed by atoms with Crippen LogP contribution in [0.4, 0.5) is 0 Å². The number of rotatable bonds is 5. The van der Waals surface area contributed by atoms with Crippen LogP contribution in [0.25, 0.3) is 6.08 Å². The first-order valence-electron chi connectivity index (χ1n) is 8.21. The summed E-state index contributed by atoms with van der Waals surface area (Å²) in [5, 5.41) is 17.3. The predicted molar refractivity (Wildman–Crippen MR) is 90.7 cm³/mol. The van der Waals surface area contributed by atoms with Crippen LogP contribution in [0.3, 0.4) is 0 Å². The molecule has 0 spiro atoms. The molecule has 2 aromatic rings. The van der Waals surface area contributed by atoms with Gasteiger partial charge >= 0.3 is 0 Å². The van der Waals surface area contributed by atoms with E-state index in [4.69, 9.17) is 5.11 Å². The van der Waals surface area contributed by atoms with Gasteiger partial charge in [0.1, 0.15) is 5.69 Å². The fraction of sp³-hybridized carbons (Fsp3) is 0.444. The van der Waals surface area contributed by atoms with Crippen LogP contribution in [0, 0.1) is 0 Å². The molecule has 1 atom stereocenters. The third-order valence-electron chi connectivity index (χ3n) is 4.26. The van der Waals surface area contributed by atoms with Gasteiger partial charge in [0.15, 0.2) is 0 Å². The first-order chi connectivity index (χ1) is 11.2. The Morgan fingerprint density at radius 1 is 1.35 bits per heavy atom. The highest BCUT2D eigenvalue weighted by Crippen LogP contribution is 2.22. The van der Waals surface area contributed by atoms with Crippen LogP contribution in [0.1, 0.15) is 37.1 Å². The SMILES string of the molecule is C/C(=C\c1ccccc1)CN1CCCC(n2cc(CO)nn2)C1. The van der Waals surface area contributed by atoms with Crippen molar-refractivity contribution in [1.29, 1.82) is 0 Å². The summed E-state index contributed by atoms with van der Waals surface area (Å²) in [6.45, 7) is 5.23. The highest BCUT2D eigenvalue weighted by molar-refractivity contribution is 5.52. The molecule has 0 radical (unpaired) electrons. The van der Waals surface area contributed by atoms with Crippen molar-refractivity contribution in [3.63, 3.8) is 0 Å². The molecule has 5 nitrogen and oxygen atoms in total. The zero-order chi connectivity index (χ0) is 16.1. The average Bonchev–Trinajstić information content (AvgIpc) is 3.05. The molecule has 1 N–H and O–H groups in total. The normalized spacial score (nSPS) is 19.9. The third kappa shape index (κ3) is 4.27. The maximum atomic E-state index is 9.13. The molecule has 1 unspecified atom stereocenters. The van der Waals surface area contributed by atoms with Gasteiger partial charge in [-0.25, -0.2) is 4.68 Å². The second-order valence-electron chi connectivity index (χ2n) is 6.28. The fourth-order valence-electron chi connectivity index (χ4n) is 3.19. The molecule has 3 rings (SSSR count). The average molecular weight is 312 g/mol. The summed E-state index contributed by atoms with van der Waals surface area (Å²) in [4.78, 5) is 2.48. The summed E-state index contributed by atoms with van der Waals surface area (Å²) >= 11 is 0. The minimum absolute atomic E-state index is 0.0463. The van der Waals surface area contributed by atoms with E-state index in [1.165, 1.54) is 11.1 Å². The molecule has 1 aromatic carbocycles. The Morgan fingerprint density at radius 3 is 2.91 bits per heavy atom. The van der Waals surface area contributed by atoms with Gasteiger partial charge in [-0.15, -0.1) is 5.10 Å². The minimum atomic E-state index is -0.0463. The van der Waals surface area contributed by atoms with Crippen LogP contribution in [-0.2, 0) is 6.61 Å². The molecule has 0 aliphatic carbocycles. The summed E-state index contributed by atoms with van der Waals surface area (Å²) in [6, 6.07) is 10.8. The Kier molecular flexibility index (Phi) is 5.20. The third-order valence-corrected chi connectivity index (χ3v) is 4.26. The van der Waals surface area contributed by atoms with Crippen LogP contribution in [0.5, 0.6) is 0 Å². The summed E-state index contributed by atoms with van der Waals surface area (Å²) < 4.78 is 1.91. The Labute approximate surface area is 137 Å². The Bertz CT molecular complexity index is 650. The van der Waals surface area contributed by atoms with E-state index in [2.05, 4.69) is 52.5 Å². The summed E-state index contributed by atoms with van der Waals surface area (Å²) in [5.74, 6) is 0. The number of aliphatic hydroxyl groups is 1. The van der Waals surface area contributed by atoms with Crippen LogP contribution in [-0.4, -0.2) is 44.6 Å². The lowest BCUT2D eigenvalue weighted by atomic mass is 10.0. The summed E-state index contributed by atoms with van der Waals surface area (Å²) in [5.41, 5.74) is 3.26. The zero-order valence-electron chi connectivity index (χ0n) is 13.6. The van der Waals surface area contributed by atoms with Gasteiger partial charge in [0.05, 0.1) is 18.8 Å². The Morgan fingerprint density at radius 2 is 2.17 bits per heavy atom. The highest BCUT2D eigenvalue weighted by atomic mass is 16.3. The van der Waals surface area contributed by atoms with Crippen molar-refractivity contribution in [2.45, 2.75) is 32.4 Å². The second kappa shape index (κ2) is 7.53. The van der Waals surface area contributed by atoms with Crippen LogP contribution >= 0.6 is 0 Å². The number of nitrogens with zero attached hydrogens (tertiary/aromatic N) is 4. The Balaban J connectivity index is 1.61. The van der Waals surface area contributed by atoms with Crippen molar-refractivity contribution in [3.8, 4) is 0 Å². The van der Waals surface area contributed by atoms with Gasteiger partial charge < -0.3 is 5.11 Å². The van der Waals surface area contributed by atoms with Gasteiger partial charge in [0, 0.05) is 13.1 Å². The van der Waals surface area contributed by atoms with Crippen molar-refractivity contribution in [2.24, 2.45) is 0 Å². The number of likely N-dealkylation sites (tertiary alicyclic amines) is 1. The molecule has 1 aliphatic rings. The summed E-state index contributed by atoms with van der Waals surface area (Å²) in [6.07, 6.45) is 6.40. The molecule has 1 fully saturated rings. The van der Waals surface area contributed by atoms with Gasteiger partial charge in [0.2, 0.25) is 0 Å². The van der Waals surface area contributed by atoms with E-state index in [0.717, 1.165) is 32.5 Å². The monoisotopic (exact) mass is 312 g/mol. The highest BCUT2D eigenvalue weighted by Gasteiger charge is 2.22. The van der Waals surface area contributed by atoms with Crippen molar-refractivity contribution in [2.75, 3.05) is 19.6 Å². The van der Waals surface area contributed by atoms with E-state index in [1.807, 2.05) is 16.9 Å². The molecular formula is C18H24N4O. The molecule has 0 bridgehead atoms. The lowest BCUT2D eigenvalue weighted by Crippen LogP contribution is -2.37. The molecule has 1 saturated heterocycles. The zero-order valence-corrected chi connectivity index (χ0v) is 13.6. The van der Waals surface area contributed by atoms with Gasteiger partial charge in [-0.3, -0.25) is 4.90 Å². The van der Waals surface area contributed by atoms with E-state index >= 15 is 0 Å². The molecule has 2 heterocycles. The molecule has 0 saturated carbocycles. The van der Waals surface area contributed by atoms with E-state index in [1.54, 1.807) is 0 Å². The maximum absolute atomic E-state index is 9.13. The van der Waals surface area contributed by atoms with Crippen molar-refractivity contribution in [3.05, 3.63) is 53.4 Å². The fourth-order valence-corrected chi connectivity index (χ4v) is 3.19.